The summed E-state index contributed by atoms with van der Waals surface area (Å²) in [6.07, 6.45) is 2.56. The minimum absolute atomic E-state index is 0.604. The molecule has 0 unspecified atom stereocenters. The quantitative estimate of drug-likeness (QED) is 0.497. The van der Waals surface area contributed by atoms with Crippen molar-refractivity contribution in [1.82, 2.24) is 5.32 Å². The van der Waals surface area contributed by atoms with Crippen LogP contribution in [-0.2, 0) is 0 Å². The summed E-state index contributed by atoms with van der Waals surface area (Å²) in [6.45, 7) is 1.96. The summed E-state index contributed by atoms with van der Waals surface area (Å²) < 4.78 is 0. The van der Waals surface area contributed by atoms with E-state index < -0.39 is 0 Å². The van der Waals surface area contributed by atoms with E-state index in [0.29, 0.717) is 6.32 Å². The van der Waals surface area contributed by atoms with Crippen LogP contribution < -0.4 is 5.32 Å². The van der Waals surface area contributed by atoms with E-state index in [9.17, 15) is 0 Å². The maximum atomic E-state index is 5.26. The molecule has 0 aliphatic rings. The third-order valence-electron chi connectivity index (χ3n) is 0.889. The van der Waals surface area contributed by atoms with Crippen LogP contribution in [0.4, 0.5) is 0 Å². The zero-order valence-corrected chi connectivity index (χ0v) is 4.86. The van der Waals surface area contributed by atoms with Crippen molar-refractivity contribution in [2.75, 3.05) is 7.05 Å². The molecule has 2 heteroatoms. The van der Waals surface area contributed by atoms with Crippen molar-refractivity contribution in [2.45, 2.75) is 13.2 Å². The van der Waals surface area contributed by atoms with Gasteiger partial charge in [0.05, 0.1) is 7.85 Å². The van der Waals surface area contributed by atoms with E-state index in [-0.39, 0.29) is 0 Å². The van der Waals surface area contributed by atoms with E-state index >= 15 is 0 Å². The largest absolute Gasteiger partial charge is 0.392 e. The SMILES string of the molecule is [B]C/C(=C\C)NC. The van der Waals surface area contributed by atoms with Gasteiger partial charge in [-0.2, -0.15) is 0 Å². The Morgan fingerprint density at radius 2 is 2.43 bits per heavy atom. The number of hydrogen-bond donors (Lipinski definition) is 1. The van der Waals surface area contributed by atoms with E-state index in [2.05, 4.69) is 5.32 Å². The fourth-order valence-electron chi connectivity index (χ4n) is 0.364. The first-order chi connectivity index (χ1) is 3.35. The minimum atomic E-state index is 0.604. The molecule has 38 valence electrons. The van der Waals surface area contributed by atoms with Crippen LogP contribution in [0.1, 0.15) is 6.92 Å². The Kier molecular flexibility index (Phi) is 3.57. The molecular formula is C5H10BN. The predicted molar refractivity (Wildman–Crippen MR) is 33.4 cm³/mol. The molecule has 0 aliphatic carbocycles. The van der Waals surface area contributed by atoms with Gasteiger partial charge in [0.25, 0.3) is 0 Å². The second kappa shape index (κ2) is 3.78. The maximum Gasteiger partial charge on any atom is 0.0736 e. The third kappa shape index (κ3) is 2.32. The van der Waals surface area contributed by atoms with Gasteiger partial charge in [0.2, 0.25) is 0 Å². The molecule has 0 bridgehead atoms. The lowest BCUT2D eigenvalue weighted by atomic mass is 10.0. The van der Waals surface area contributed by atoms with Gasteiger partial charge in [-0.3, -0.25) is 0 Å². The first-order valence-electron chi connectivity index (χ1n) is 2.38. The summed E-state index contributed by atoms with van der Waals surface area (Å²) in [5.41, 5.74) is 1.08. The van der Waals surface area contributed by atoms with Gasteiger partial charge in [0, 0.05) is 7.05 Å². The molecule has 0 atom stereocenters. The molecule has 0 aromatic carbocycles. The molecule has 1 N–H and O–H groups in total. The van der Waals surface area contributed by atoms with Crippen molar-refractivity contribution in [1.29, 1.82) is 0 Å². The van der Waals surface area contributed by atoms with Crippen molar-refractivity contribution in [3.8, 4) is 0 Å². The van der Waals surface area contributed by atoms with E-state index in [0.717, 1.165) is 5.70 Å². The fourth-order valence-corrected chi connectivity index (χ4v) is 0.364. The Bertz CT molecular complexity index is 62.5. The average Bonchev–Trinajstić information content (AvgIpc) is 1.72. The smallest absolute Gasteiger partial charge is 0.0736 e. The summed E-state index contributed by atoms with van der Waals surface area (Å²) >= 11 is 0. The molecular weight excluding hydrogens is 84.9 g/mol. The highest BCUT2D eigenvalue weighted by molar-refractivity contribution is 6.10. The number of allylic oxidation sites excluding steroid dienone is 2. The Morgan fingerprint density at radius 1 is 1.86 bits per heavy atom. The van der Waals surface area contributed by atoms with Gasteiger partial charge < -0.3 is 5.32 Å². The third-order valence-corrected chi connectivity index (χ3v) is 0.889. The number of rotatable bonds is 2. The maximum absolute atomic E-state index is 5.26. The minimum Gasteiger partial charge on any atom is -0.392 e. The molecule has 0 aliphatic heterocycles. The van der Waals surface area contributed by atoms with Gasteiger partial charge in [-0.25, -0.2) is 0 Å². The highest BCUT2D eigenvalue weighted by Crippen LogP contribution is 1.88. The van der Waals surface area contributed by atoms with Gasteiger partial charge in [-0.1, -0.05) is 12.4 Å². The molecule has 0 fully saturated rings. The average molecular weight is 95.0 g/mol. The van der Waals surface area contributed by atoms with Crippen molar-refractivity contribution >= 4 is 7.85 Å². The molecule has 0 rings (SSSR count). The van der Waals surface area contributed by atoms with Crippen LogP contribution in [0.15, 0.2) is 11.8 Å². The zero-order chi connectivity index (χ0) is 5.70. The van der Waals surface area contributed by atoms with Crippen molar-refractivity contribution in [3.05, 3.63) is 11.8 Å². The fraction of sp³-hybridized carbons (Fsp3) is 0.600. The second-order valence-corrected chi connectivity index (χ2v) is 1.27. The van der Waals surface area contributed by atoms with Crippen molar-refractivity contribution in [2.24, 2.45) is 0 Å². The van der Waals surface area contributed by atoms with Gasteiger partial charge in [0.15, 0.2) is 0 Å². The van der Waals surface area contributed by atoms with E-state index in [1.54, 1.807) is 0 Å². The standard InChI is InChI=1S/C5H10BN/c1-3-5(4-6)7-2/h3,7H,4H2,1-2H3/b5-3+. The topological polar surface area (TPSA) is 12.0 Å². The Morgan fingerprint density at radius 3 is 2.43 bits per heavy atom. The highest BCUT2D eigenvalue weighted by atomic mass is 14.8. The molecule has 0 aromatic heterocycles. The summed E-state index contributed by atoms with van der Waals surface area (Å²) in [5.74, 6) is 0. The molecule has 0 aromatic rings. The van der Waals surface area contributed by atoms with Gasteiger partial charge in [-0.15, -0.1) is 0 Å². The van der Waals surface area contributed by atoms with Gasteiger partial charge in [0.1, 0.15) is 0 Å². The summed E-state index contributed by atoms with van der Waals surface area (Å²) in [4.78, 5) is 0. The Balaban J connectivity index is 3.38. The number of nitrogens with one attached hydrogen (secondary N) is 1. The lowest BCUT2D eigenvalue weighted by Crippen LogP contribution is -2.03. The molecule has 2 radical (unpaired) electrons. The van der Waals surface area contributed by atoms with Crippen LogP contribution in [0, 0.1) is 0 Å². The zero-order valence-electron chi connectivity index (χ0n) is 4.86. The van der Waals surface area contributed by atoms with E-state index in [4.69, 9.17) is 7.85 Å². The molecule has 0 amide bonds. The van der Waals surface area contributed by atoms with Crippen LogP contribution in [0.2, 0.25) is 6.32 Å². The van der Waals surface area contributed by atoms with E-state index in [1.807, 2.05) is 20.0 Å². The first-order valence-corrected chi connectivity index (χ1v) is 2.38. The molecule has 7 heavy (non-hydrogen) atoms. The van der Waals surface area contributed by atoms with Crippen LogP contribution >= 0.6 is 0 Å². The van der Waals surface area contributed by atoms with Crippen LogP contribution in [-0.4, -0.2) is 14.9 Å². The number of hydrogen-bond acceptors (Lipinski definition) is 1. The lowest BCUT2D eigenvalue weighted by molar-refractivity contribution is 0.983. The summed E-state index contributed by atoms with van der Waals surface area (Å²) in [6, 6.07) is 0. The van der Waals surface area contributed by atoms with Crippen LogP contribution in [0.5, 0.6) is 0 Å². The van der Waals surface area contributed by atoms with Crippen molar-refractivity contribution in [3.63, 3.8) is 0 Å². The summed E-state index contributed by atoms with van der Waals surface area (Å²) in [7, 11) is 7.13. The highest BCUT2D eigenvalue weighted by Gasteiger charge is 1.79. The lowest BCUT2D eigenvalue weighted by Gasteiger charge is -1.98. The molecule has 0 saturated heterocycles. The van der Waals surface area contributed by atoms with Gasteiger partial charge >= 0.3 is 0 Å². The van der Waals surface area contributed by atoms with E-state index in [1.165, 1.54) is 0 Å². The van der Waals surface area contributed by atoms with Crippen molar-refractivity contribution < 1.29 is 0 Å². The summed E-state index contributed by atoms with van der Waals surface area (Å²) in [5, 5.41) is 2.94. The molecule has 1 nitrogen and oxygen atoms in total. The van der Waals surface area contributed by atoms with Gasteiger partial charge in [-0.05, 0) is 12.6 Å². The second-order valence-electron chi connectivity index (χ2n) is 1.27. The normalized spacial score (nSPS) is 11.4. The van der Waals surface area contributed by atoms with Crippen LogP contribution in [0.3, 0.4) is 0 Å². The first kappa shape index (κ1) is 6.60. The Labute approximate surface area is 46.2 Å². The molecule has 0 heterocycles. The predicted octanol–water partition coefficient (Wildman–Crippen LogP) is 0.696. The van der Waals surface area contributed by atoms with Crippen LogP contribution in [0.25, 0.3) is 0 Å². The Hall–Kier alpha value is -0.395. The molecule has 0 spiro atoms. The monoisotopic (exact) mass is 95.1 g/mol. The molecule has 0 saturated carbocycles.